The van der Waals surface area contributed by atoms with Crippen molar-refractivity contribution in [2.24, 2.45) is 0 Å². The Kier molecular flexibility index (Phi) is 4.39. The molecule has 0 bridgehead atoms. The third kappa shape index (κ3) is 3.65. The Morgan fingerprint density at radius 2 is 1.71 bits per heavy atom. The van der Waals surface area contributed by atoms with Crippen molar-refractivity contribution in [2.45, 2.75) is 4.90 Å². The largest absolute Gasteiger partial charge is 0.376 e. The topological polar surface area (TPSA) is 49.4 Å². The van der Waals surface area contributed by atoms with E-state index in [1.54, 1.807) is 19.0 Å². The maximum Gasteiger partial charge on any atom is 0.261 e. The Balaban J connectivity index is 2.41. The van der Waals surface area contributed by atoms with Gasteiger partial charge in [-0.05, 0) is 36.4 Å². The van der Waals surface area contributed by atoms with Crippen LogP contribution < -0.4 is 9.62 Å². The molecule has 0 saturated heterocycles. The molecule has 2 rings (SSSR count). The number of hydrogen-bond donors (Lipinski definition) is 1. The molecule has 2 aromatic carbocycles. The first-order chi connectivity index (χ1) is 9.79. The van der Waals surface area contributed by atoms with E-state index in [1.807, 2.05) is 0 Å². The van der Waals surface area contributed by atoms with Crippen LogP contribution in [-0.4, -0.2) is 22.5 Å². The number of rotatable bonds is 4. The van der Waals surface area contributed by atoms with Gasteiger partial charge in [-0.25, -0.2) is 12.8 Å². The highest BCUT2D eigenvalue weighted by atomic mass is 35.5. The van der Waals surface area contributed by atoms with E-state index < -0.39 is 15.8 Å². The van der Waals surface area contributed by atoms with Crippen molar-refractivity contribution >= 4 is 33.0 Å². The molecule has 0 aliphatic heterocycles. The van der Waals surface area contributed by atoms with Gasteiger partial charge < -0.3 is 4.90 Å². The van der Waals surface area contributed by atoms with Crippen molar-refractivity contribution in [3.63, 3.8) is 0 Å². The summed E-state index contributed by atoms with van der Waals surface area (Å²) in [5, 5.41) is 0.439. The van der Waals surface area contributed by atoms with Gasteiger partial charge in [-0.15, -0.1) is 0 Å². The molecule has 112 valence electrons. The van der Waals surface area contributed by atoms with Crippen LogP contribution >= 0.6 is 11.6 Å². The smallest absolute Gasteiger partial charge is 0.261 e. The minimum absolute atomic E-state index is 0.0564. The molecule has 0 saturated carbocycles. The maximum atomic E-state index is 13.4. The summed E-state index contributed by atoms with van der Waals surface area (Å²) in [6.07, 6.45) is 0. The fourth-order valence-electron chi connectivity index (χ4n) is 1.80. The summed E-state index contributed by atoms with van der Waals surface area (Å²) in [5.74, 6) is -0.519. The maximum absolute atomic E-state index is 13.4. The fraction of sp³-hybridized carbons (Fsp3) is 0.143. The molecule has 0 atom stereocenters. The van der Waals surface area contributed by atoms with Crippen LogP contribution in [0.1, 0.15) is 0 Å². The summed E-state index contributed by atoms with van der Waals surface area (Å²) in [5.41, 5.74) is 0.740. The second kappa shape index (κ2) is 5.91. The monoisotopic (exact) mass is 328 g/mol. The summed E-state index contributed by atoms with van der Waals surface area (Å²) in [4.78, 5) is 1.75. The van der Waals surface area contributed by atoms with Gasteiger partial charge in [-0.2, -0.15) is 0 Å². The Morgan fingerprint density at radius 1 is 1.10 bits per heavy atom. The van der Waals surface area contributed by atoms with Gasteiger partial charge in [0.25, 0.3) is 10.0 Å². The van der Waals surface area contributed by atoms with Gasteiger partial charge in [0.2, 0.25) is 0 Å². The number of anilines is 2. The number of nitrogens with one attached hydrogen (secondary N) is 1. The quantitative estimate of drug-likeness (QED) is 0.936. The van der Waals surface area contributed by atoms with E-state index in [0.717, 1.165) is 6.07 Å². The van der Waals surface area contributed by atoms with Gasteiger partial charge in [0, 0.05) is 25.2 Å². The lowest BCUT2D eigenvalue weighted by molar-refractivity contribution is 0.601. The van der Waals surface area contributed by atoms with Crippen molar-refractivity contribution in [1.82, 2.24) is 0 Å². The number of halogens is 2. The molecule has 0 fully saturated rings. The van der Waals surface area contributed by atoms with Crippen LogP contribution in [0.15, 0.2) is 47.4 Å². The average Bonchev–Trinajstić information content (AvgIpc) is 2.38. The summed E-state index contributed by atoms with van der Waals surface area (Å²) in [6.45, 7) is 0. The molecule has 2 aromatic rings. The standard InChI is InChI=1S/C14H14ClFN2O2S/c1-18(2)14-8-5-11(16)9-13(14)17-21(19,20)12-6-3-10(15)4-7-12/h3-9,17H,1-2H3. The summed E-state index contributed by atoms with van der Waals surface area (Å²) >= 11 is 5.74. The summed E-state index contributed by atoms with van der Waals surface area (Å²) in [7, 11) is -0.318. The highest BCUT2D eigenvalue weighted by molar-refractivity contribution is 7.92. The number of benzene rings is 2. The lowest BCUT2D eigenvalue weighted by Crippen LogP contribution is -2.17. The molecule has 0 heterocycles. The van der Waals surface area contributed by atoms with Crippen molar-refractivity contribution < 1.29 is 12.8 Å². The molecule has 0 aliphatic carbocycles. The predicted molar refractivity (Wildman–Crippen MR) is 83.0 cm³/mol. The zero-order chi connectivity index (χ0) is 15.6. The van der Waals surface area contributed by atoms with E-state index in [0.29, 0.717) is 10.7 Å². The Labute approximate surface area is 128 Å². The molecule has 0 aromatic heterocycles. The molecular weight excluding hydrogens is 315 g/mol. The number of nitrogens with zero attached hydrogens (tertiary/aromatic N) is 1. The number of hydrogen-bond acceptors (Lipinski definition) is 3. The highest BCUT2D eigenvalue weighted by Gasteiger charge is 2.17. The third-order valence-electron chi connectivity index (χ3n) is 2.81. The van der Waals surface area contributed by atoms with Gasteiger partial charge >= 0.3 is 0 Å². The number of sulfonamides is 1. The first-order valence-corrected chi connectivity index (χ1v) is 7.91. The first-order valence-electron chi connectivity index (χ1n) is 6.05. The average molecular weight is 329 g/mol. The van der Waals surface area contributed by atoms with Crippen LogP contribution in [0.4, 0.5) is 15.8 Å². The van der Waals surface area contributed by atoms with E-state index in [4.69, 9.17) is 11.6 Å². The first kappa shape index (κ1) is 15.6. The lowest BCUT2D eigenvalue weighted by atomic mass is 10.2. The van der Waals surface area contributed by atoms with Crippen molar-refractivity contribution in [1.29, 1.82) is 0 Å². The van der Waals surface area contributed by atoms with Gasteiger partial charge in [0.1, 0.15) is 5.82 Å². The molecule has 21 heavy (non-hydrogen) atoms. The second-order valence-corrected chi connectivity index (χ2v) is 6.73. The van der Waals surface area contributed by atoms with Crippen LogP contribution in [0.3, 0.4) is 0 Å². The molecule has 0 unspecified atom stereocenters. The molecule has 0 amide bonds. The third-order valence-corrected chi connectivity index (χ3v) is 4.44. The molecule has 4 nitrogen and oxygen atoms in total. The van der Waals surface area contributed by atoms with Gasteiger partial charge in [0.05, 0.1) is 16.3 Å². The van der Waals surface area contributed by atoms with Crippen LogP contribution in [0.25, 0.3) is 0 Å². The van der Waals surface area contributed by atoms with E-state index in [1.165, 1.54) is 36.4 Å². The molecular formula is C14H14ClFN2O2S. The van der Waals surface area contributed by atoms with Crippen LogP contribution in [0.5, 0.6) is 0 Å². The summed E-state index contributed by atoms with van der Waals surface area (Å²) in [6, 6.07) is 9.66. The van der Waals surface area contributed by atoms with Gasteiger partial charge in [-0.1, -0.05) is 11.6 Å². The second-order valence-electron chi connectivity index (χ2n) is 4.62. The van der Waals surface area contributed by atoms with Crippen molar-refractivity contribution in [3.8, 4) is 0 Å². The molecule has 0 spiro atoms. The Hall–Kier alpha value is -1.79. The molecule has 0 radical (unpaired) electrons. The minimum atomic E-state index is -3.80. The van der Waals surface area contributed by atoms with E-state index >= 15 is 0 Å². The van der Waals surface area contributed by atoms with Gasteiger partial charge in [0.15, 0.2) is 0 Å². The van der Waals surface area contributed by atoms with Crippen molar-refractivity contribution in [3.05, 3.63) is 53.3 Å². The zero-order valence-corrected chi connectivity index (χ0v) is 13.0. The van der Waals surface area contributed by atoms with Gasteiger partial charge in [-0.3, -0.25) is 4.72 Å². The van der Waals surface area contributed by atoms with Crippen molar-refractivity contribution in [2.75, 3.05) is 23.7 Å². The normalized spacial score (nSPS) is 11.2. The van der Waals surface area contributed by atoms with Crippen LogP contribution in [-0.2, 0) is 10.0 Å². The Morgan fingerprint density at radius 3 is 2.29 bits per heavy atom. The lowest BCUT2D eigenvalue weighted by Gasteiger charge is -2.18. The predicted octanol–water partition coefficient (Wildman–Crippen LogP) is 3.35. The van der Waals surface area contributed by atoms with Crippen LogP contribution in [0, 0.1) is 5.82 Å². The summed E-state index contributed by atoms with van der Waals surface area (Å²) < 4.78 is 40.4. The van der Waals surface area contributed by atoms with E-state index in [-0.39, 0.29) is 10.6 Å². The minimum Gasteiger partial charge on any atom is -0.376 e. The SMILES string of the molecule is CN(C)c1ccc(F)cc1NS(=O)(=O)c1ccc(Cl)cc1. The molecule has 7 heteroatoms. The van der Waals surface area contributed by atoms with E-state index in [9.17, 15) is 12.8 Å². The molecule has 0 aliphatic rings. The fourth-order valence-corrected chi connectivity index (χ4v) is 2.99. The molecule has 1 N–H and O–H groups in total. The van der Waals surface area contributed by atoms with Crippen LogP contribution in [0.2, 0.25) is 5.02 Å². The highest BCUT2D eigenvalue weighted by Crippen LogP contribution is 2.28. The Bertz CT molecular complexity index is 746. The zero-order valence-electron chi connectivity index (χ0n) is 11.5. The van der Waals surface area contributed by atoms with E-state index in [2.05, 4.69) is 4.72 Å².